The van der Waals surface area contributed by atoms with E-state index in [0.717, 1.165) is 34.5 Å². The van der Waals surface area contributed by atoms with Crippen molar-refractivity contribution in [3.8, 4) is 5.75 Å². The van der Waals surface area contributed by atoms with Gasteiger partial charge in [-0.2, -0.15) is 0 Å². The van der Waals surface area contributed by atoms with Gasteiger partial charge >= 0.3 is 0 Å². The van der Waals surface area contributed by atoms with Gasteiger partial charge in [0.2, 0.25) is 0 Å². The highest BCUT2D eigenvalue weighted by Crippen LogP contribution is 2.29. The molecule has 0 spiro atoms. The molecule has 2 N–H and O–H groups in total. The molecule has 0 heterocycles. The van der Waals surface area contributed by atoms with E-state index in [1.807, 2.05) is 19.1 Å². The van der Waals surface area contributed by atoms with Gasteiger partial charge in [-0.1, -0.05) is 6.92 Å². The van der Waals surface area contributed by atoms with Gasteiger partial charge in [-0.25, -0.2) is 0 Å². The Morgan fingerprint density at radius 3 is 2.77 bits per heavy atom. The highest BCUT2D eigenvalue weighted by molar-refractivity contribution is 9.10. The van der Waals surface area contributed by atoms with Crippen molar-refractivity contribution < 1.29 is 4.74 Å². The van der Waals surface area contributed by atoms with Crippen molar-refractivity contribution in [3.63, 3.8) is 0 Å². The molecule has 0 fully saturated rings. The van der Waals surface area contributed by atoms with Crippen LogP contribution in [0.25, 0.3) is 0 Å². The van der Waals surface area contributed by atoms with E-state index in [1.54, 1.807) is 0 Å². The van der Waals surface area contributed by atoms with Crippen molar-refractivity contribution in [2.45, 2.75) is 20.3 Å². The molecule has 1 rings (SSSR count). The number of hydrogen-bond donors (Lipinski definition) is 1. The van der Waals surface area contributed by atoms with E-state index < -0.39 is 0 Å². The largest absolute Gasteiger partial charge is 0.492 e. The van der Waals surface area contributed by atoms with Gasteiger partial charge < -0.3 is 10.5 Å². The van der Waals surface area contributed by atoms with Crippen LogP contribution in [0, 0.1) is 6.92 Å². The zero-order valence-corrected chi connectivity index (χ0v) is 9.52. The standard InChI is InChI=1S/C10H14BrNO/c1-3-4-13-10-5-7(2)9(12)6-8(10)11/h5-6H,3-4,12H2,1-2H3. The number of benzene rings is 1. The second-order valence-corrected chi connectivity index (χ2v) is 3.84. The normalized spacial score (nSPS) is 10.1. The first kappa shape index (κ1) is 10.4. The fraction of sp³-hybridized carbons (Fsp3) is 0.400. The third-order valence-electron chi connectivity index (χ3n) is 1.78. The summed E-state index contributed by atoms with van der Waals surface area (Å²) < 4.78 is 6.44. The van der Waals surface area contributed by atoms with Crippen LogP contribution in [-0.4, -0.2) is 6.61 Å². The Kier molecular flexibility index (Phi) is 3.60. The Balaban J connectivity index is 2.88. The second-order valence-electron chi connectivity index (χ2n) is 2.99. The lowest BCUT2D eigenvalue weighted by atomic mass is 10.2. The minimum absolute atomic E-state index is 0.738. The summed E-state index contributed by atoms with van der Waals surface area (Å²) in [6, 6.07) is 3.83. The predicted octanol–water partition coefficient (Wildman–Crippen LogP) is 3.13. The number of halogens is 1. The SMILES string of the molecule is CCCOc1cc(C)c(N)cc1Br. The van der Waals surface area contributed by atoms with Crippen molar-refractivity contribution in [3.05, 3.63) is 22.2 Å². The second kappa shape index (κ2) is 4.51. The van der Waals surface area contributed by atoms with Crippen LogP contribution in [0.5, 0.6) is 5.75 Å². The summed E-state index contributed by atoms with van der Waals surface area (Å²) in [5.41, 5.74) is 7.57. The maximum absolute atomic E-state index is 5.73. The number of nitrogen functional groups attached to an aromatic ring is 1. The maximum atomic E-state index is 5.73. The summed E-state index contributed by atoms with van der Waals surface area (Å²) in [6.45, 7) is 4.79. The number of rotatable bonds is 3. The quantitative estimate of drug-likeness (QED) is 0.829. The average molecular weight is 244 g/mol. The number of ether oxygens (including phenoxy) is 1. The number of anilines is 1. The first-order valence-electron chi connectivity index (χ1n) is 4.33. The molecule has 72 valence electrons. The van der Waals surface area contributed by atoms with Crippen molar-refractivity contribution in [2.24, 2.45) is 0 Å². The Morgan fingerprint density at radius 1 is 1.46 bits per heavy atom. The van der Waals surface area contributed by atoms with Gasteiger partial charge in [0, 0.05) is 5.69 Å². The third-order valence-corrected chi connectivity index (χ3v) is 2.40. The predicted molar refractivity (Wildman–Crippen MR) is 59.1 cm³/mol. The molecular formula is C10H14BrNO. The summed E-state index contributed by atoms with van der Waals surface area (Å²) in [6.07, 6.45) is 1.01. The fourth-order valence-corrected chi connectivity index (χ4v) is 1.47. The first-order chi connectivity index (χ1) is 6.15. The van der Waals surface area contributed by atoms with Crippen LogP contribution in [-0.2, 0) is 0 Å². The highest BCUT2D eigenvalue weighted by atomic mass is 79.9. The van der Waals surface area contributed by atoms with Gasteiger partial charge in [0.1, 0.15) is 5.75 Å². The smallest absolute Gasteiger partial charge is 0.133 e. The molecule has 3 heteroatoms. The van der Waals surface area contributed by atoms with Crippen molar-refractivity contribution in [1.82, 2.24) is 0 Å². The Morgan fingerprint density at radius 2 is 2.15 bits per heavy atom. The zero-order chi connectivity index (χ0) is 9.84. The van der Waals surface area contributed by atoms with E-state index in [4.69, 9.17) is 10.5 Å². The molecule has 0 saturated carbocycles. The van der Waals surface area contributed by atoms with Crippen molar-refractivity contribution >= 4 is 21.6 Å². The lowest BCUT2D eigenvalue weighted by molar-refractivity contribution is 0.315. The molecule has 2 nitrogen and oxygen atoms in total. The van der Waals surface area contributed by atoms with E-state index in [2.05, 4.69) is 22.9 Å². The van der Waals surface area contributed by atoms with Gasteiger partial charge in [0.15, 0.2) is 0 Å². The molecule has 0 aliphatic heterocycles. The van der Waals surface area contributed by atoms with E-state index >= 15 is 0 Å². The molecule has 0 amide bonds. The summed E-state index contributed by atoms with van der Waals surface area (Å²) in [5.74, 6) is 0.869. The lowest BCUT2D eigenvalue weighted by Gasteiger charge is -2.09. The minimum Gasteiger partial charge on any atom is -0.492 e. The third kappa shape index (κ3) is 2.62. The van der Waals surface area contributed by atoms with E-state index in [0.29, 0.717) is 0 Å². The van der Waals surface area contributed by atoms with E-state index in [-0.39, 0.29) is 0 Å². The average Bonchev–Trinajstić information content (AvgIpc) is 2.09. The summed E-state index contributed by atoms with van der Waals surface area (Å²) in [7, 11) is 0. The summed E-state index contributed by atoms with van der Waals surface area (Å²) in [4.78, 5) is 0. The number of aryl methyl sites for hydroxylation is 1. The molecule has 1 aromatic carbocycles. The molecule has 0 aliphatic rings. The van der Waals surface area contributed by atoms with Crippen LogP contribution in [0.15, 0.2) is 16.6 Å². The Hall–Kier alpha value is -0.700. The summed E-state index contributed by atoms with van der Waals surface area (Å²) >= 11 is 3.41. The van der Waals surface area contributed by atoms with Crippen LogP contribution in [0.1, 0.15) is 18.9 Å². The molecule has 0 unspecified atom stereocenters. The van der Waals surface area contributed by atoms with Crippen LogP contribution >= 0.6 is 15.9 Å². The highest BCUT2D eigenvalue weighted by Gasteiger charge is 2.03. The molecule has 0 saturated heterocycles. The number of hydrogen-bond acceptors (Lipinski definition) is 2. The monoisotopic (exact) mass is 243 g/mol. The molecule has 0 aromatic heterocycles. The molecule has 0 atom stereocenters. The van der Waals surface area contributed by atoms with Gasteiger partial charge in [-0.3, -0.25) is 0 Å². The summed E-state index contributed by atoms with van der Waals surface area (Å²) in [5, 5.41) is 0. The Bertz CT molecular complexity index is 299. The van der Waals surface area contributed by atoms with E-state index in [1.165, 1.54) is 0 Å². The molecule has 0 aliphatic carbocycles. The fourth-order valence-electron chi connectivity index (χ4n) is 0.993. The maximum Gasteiger partial charge on any atom is 0.133 e. The number of nitrogens with two attached hydrogens (primary N) is 1. The van der Waals surface area contributed by atoms with Crippen LogP contribution in [0.2, 0.25) is 0 Å². The molecule has 1 aromatic rings. The molecule has 0 radical (unpaired) electrons. The molecular weight excluding hydrogens is 230 g/mol. The van der Waals surface area contributed by atoms with Crippen molar-refractivity contribution in [2.75, 3.05) is 12.3 Å². The van der Waals surface area contributed by atoms with Crippen LogP contribution in [0.4, 0.5) is 5.69 Å². The van der Waals surface area contributed by atoms with Crippen LogP contribution < -0.4 is 10.5 Å². The lowest BCUT2D eigenvalue weighted by Crippen LogP contribution is -1.98. The van der Waals surface area contributed by atoms with Gasteiger partial charge in [0.25, 0.3) is 0 Å². The van der Waals surface area contributed by atoms with Crippen molar-refractivity contribution in [1.29, 1.82) is 0 Å². The zero-order valence-electron chi connectivity index (χ0n) is 7.93. The Labute approximate surface area is 87.2 Å². The topological polar surface area (TPSA) is 35.2 Å². The van der Waals surface area contributed by atoms with Gasteiger partial charge in [-0.05, 0) is 47.0 Å². The van der Waals surface area contributed by atoms with Gasteiger partial charge in [0.05, 0.1) is 11.1 Å². The van der Waals surface area contributed by atoms with Crippen LogP contribution in [0.3, 0.4) is 0 Å². The first-order valence-corrected chi connectivity index (χ1v) is 5.13. The van der Waals surface area contributed by atoms with Gasteiger partial charge in [-0.15, -0.1) is 0 Å². The molecule has 13 heavy (non-hydrogen) atoms. The van der Waals surface area contributed by atoms with E-state index in [9.17, 15) is 0 Å². The minimum atomic E-state index is 0.738. The molecule has 0 bridgehead atoms.